The fraction of sp³-hybridized carbons (Fsp3) is 0.269. The van der Waals surface area contributed by atoms with Gasteiger partial charge in [-0.3, -0.25) is 4.72 Å². The molecule has 1 fully saturated rings. The molecule has 0 saturated carbocycles. The molecule has 1 aliphatic heterocycles. The van der Waals surface area contributed by atoms with Crippen LogP contribution in [0.5, 0.6) is 0 Å². The van der Waals surface area contributed by atoms with Crippen LogP contribution in [0.25, 0.3) is 0 Å². The van der Waals surface area contributed by atoms with Crippen LogP contribution in [-0.2, 0) is 10.0 Å². The number of anilines is 3. The van der Waals surface area contributed by atoms with Gasteiger partial charge in [0.1, 0.15) is 0 Å². The summed E-state index contributed by atoms with van der Waals surface area (Å²) in [6.07, 6.45) is 0. The zero-order valence-corrected chi connectivity index (χ0v) is 20.3. The molecule has 2 N–H and O–H groups in total. The summed E-state index contributed by atoms with van der Waals surface area (Å²) >= 11 is 0. The number of carboxylic acids is 1. The number of nitrogens with one attached hydrogen (secondary N) is 1. The summed E-state index contributed by atoms with van der Waals surface area (Å²) in [4.78, 5) is 16.6. The van der Waals surface area contributed by atoms with Gasteiger partial charge in [0.15, 0.2) is 0 Å². The number of carboxylic acid groups (broad SMARTS) is 1. The van der Waals surface area contributed by atoms with Gasteiger partial charge in [0, 0.05) is 37.1 Å². The van der Waals surface area contributed by atoms with Gasteiger partial charge < -0.3 is 14.9 Å². The zero-order chi connectivity index (χ0) is 24.5. The highest BCUT2D eigenvalue weighted by molar-refractivity contribution is 7.92. The largest absolute Gasteiger partial charge is 0.478 e. The molecule has 0 spiro atoms. The molecule has 178 valence electrons. The molecule has 0 bridgehead atoms. The van der Waals surface area contributed by atoms with Crippen LogP contribution in [0.15, 0.2) is 71.6 Å². The van der Waals surface area contributed by atoms with Gasteiger partial charge in [0.05, 0.1) is 16.1 Å². The van der Waals surface area contributed by atoms with E-state index in [-0.39, 0.29) is 22.2 Å². The first-order valence-corrected chi connectivity index (χ1v) is 12.7. The molecule has 4 rings (SSSR count). The van der Waals surface area contributed by atoms with Crippen LogP contribution in [0.4, 0.5) is 17.1 Å². The maximum absolute atomic E-state index is 12.8. The fourth-order valence-electron chi connectivity index (χ4n) is 4.41. The minimum absolute atomic E-state index is 0.0700. The van der Waals surface area contributed by atoms with Gasteiger partial charge in [0.2, 0.25) is 0 Å². The molecule has 1 aliphatic rings. The third-order valence-corrected chi connectivity index (χ3v) is 7.46. The summed E-state index contributed by atoms with van der Waals surface area (Å²) < 4.78 is 28.1. The maximum Gasteiger partial charge on any atom is 0.337 e. The van der Waals surface area contributed by atoms with E-state index in [2.05, 4.69) is 46.6 Å². The predicted octanol–water partition coefficient (Wildman–Crippen LogP) is 4.52. The average Bonchev–Trinajstić information content (AvgIpc) is 2.78. The summed E-state index contributed by atoms with van der Waals surface area (Å²) in [6.45, 7) is 8.08. The van der Waals surface area contributed by atoms with Crippen molar-refractivity contribution in [2.45, 2.75) is 31.7 Å². The predicted molar refractivity (Wildman–Crippen MR) is 136 cm³/mol. The molecule has 0 aromatic heterocycles. The van der Waals surface area contributed by atoms with Crippen LogP contribution < -0.4 is 14.5 Å². The Morgan fingerprint density at radius 2 is 1.68 bits per heavy atom. The summed E-state index contributed by atoms with van der Waals surface area (Å²) in [5.74, 6) is -1.10. The molecule has 1 atom stereocenters. The van der Waals surface area contributed by atoms with E-state index in [1.54, 1.807) is 24.3 Å². The van der Waals surface area contributed by atoms with Crippen molar-refractivity contribution >= 4 is 33.1 Å². The van der Waals surface area contributed by atoms with Gasteiger partial charge in [0.25, 0.3) is 10.0 Å². The van der Waals surface area contributed by atoms with Crippen molar-refractivity contribution in [3.63, 3.8) is 0 Å². The molecular weight excluding hydrogens is 450 g/mol. The van der Waals surface area contributed by atoms with Crippen molar-refractivity contribution in [3.05, 3.63) is 83.4 Å². The van der Waals surface area contributed by atoms with E-state index in [1.165, 1.54) is 17.7 Å². The van der Waals surface area contributed by atoms with Crippen molar-refractivity contribution in [2.75, 3.05) is 34.2 Å². The van der Waals surface area contributed by atoms with Crippen LogP contribution in [-0.4, -0.2) is 45.2 Å². The number of aryl methyl sites for hydroxylation is 2. The third-order valence-electron chi connectivity index (χ3n) is 6.08. The minimum Gasteiger partial charge on any atom is -0.478 e. The van der Waals surface area contributed by atoms with Crippen molar-refractivity contribution in [2.24, 2.45) is 0 Å². The molecule has 1 saturated heterocycles. The first kappa shape index (κ1) is 23.6. The van der Waals surface area contributed by atoms with Crippen molar-refractivity contribution in [1.82, 2.24) is 0 Å². The molecule has 0 amide bonds. The van der Waals surface area contributed by atoms with E-state index in [9.17, 15) is 18.3 Å². The average molecular weight is 480 g/mol. The Morgan fingerprint density at radius 1 is 0.971 bits per heavy atom. The number of nitrogens with zero attached hydrogens (tertiary/aromatic N) is 2. The lowest BCUT2D eigenvalue weighted by Crippen LogP contribution is -2.52. The molecule has 0 aliphatic carbocycles. The second kappa shape index (κ2) is 9.38. The topological polar surface area (TPSA) is 90.0 Å². The number of rotatable bonds is 6. The molecular formula is C26H29N3O4S. The zero-order valence-electron chi connectivity index (χ0n) is 19.5. The van der Waals surface area contributed by atoms with Crippen LogP contribution in [0.1, 0.15) is 28.4 Å². The summed E-state index contributed by atoms with van der Waals surface area (Å²) in [6, 6.07) is 19.8. The lowest BCUT2D eigenvalue weighted by atomic mass is 10.1. The first-order chi connectivity index (χ1) is 16.1. The first-order valence-electron chi connectivity index (χ1n) is 11.2. The number of hydrogen-bond acceptors (Lipinski definition) is 5. The second-order valence-electron chi connectivity index (χ2n) is 8.79. The Hall–Kier alpha value is -3.52. The van der Waals surface area contributed by atoms with E-state index in [0.717, 1.165) is 17.8 Å². The molecule has 3 aromatic carbocycles. The summed E-state index contributed by atoms with van der Waals surface area (Å²) in [7, 11) is -3.83. The van der Waals surface area contributed by atoms with Crippen LogP contribution in [0.2, 0.25) is 0 Å². The Balaban J connectivity index is 1.56. The van der Waals surface area contributed by atoms with Gasteiger partial charge in [-0.25, -0.2) is 13.2 Å². The van der Waals surface area contributed by atoms with E-state index in [0.29, 0.717) is 18.8 Å². The van der Waals surface area contributed by atoms with E-state index in [4.69, 9.17) is 0 Å². The quantitative estimate of drug-likeness (QED) is 0.540. The number of carbonyl (C=O) groups is 1. The van der Waals surface area contributed by atoms with Crippen molar-refractivity contribution < 1.29 is 18.3 Å². The summed E-state index contributed by atoms with van der Waals surface area (Å²) in [5.41, 5.74) is 4.05. The monoisotopic (exact) mass is 479 g/mol. The van der Waals surface area contributed by atoms with Gasteiger partial charge in [-0.05, 0) is 74.4 Å². The minimum atomic E-state index is -3.83. The highest BCUT2D eigenvalue weighted by atomic mass is 32.2. The van der Waals surface area contributed by atoms with Gasteiger partial charge in [-0.1, -0.05) is 24.3 Å². The Kier molecular flexibility index (Phi) is 6.52. The molecule has 8 heteroatoms. The molecule has 1 heterocycles. The fourth-order valence-corrected chi connectivity index (χ4v) is 5.56. The van der Waals surface area contributed by atoms with Crippen molar-refractivity contribution in [3.8, 4) is 0 Å². The van der Waals surface area contributed by atoms with E-state index < -0.39 is 16.0 Å². The Labute approximate surface area is 200 Å². The van der Waals surface area contributed by atoms with Gasteiger partial charge >= 0.3 is 5.97 Å². The number of sulfonamides is 1. The summed E-state index contributed by atoms with van der Waals surface area (Å²) in [5, 5.41) is 9.88. The smallest absolute Gasteiger partial charge is 0.337 e. The second-order valence-corrected chi connectivity index (χ2v) is 10.5. The molecule has 3 aromatic rings. The standard InChI is InChI=1S/C26H29N3O4S/c1-18-6-4-8-22(14-18)29-13-12-28(17-20(29)3)25-11-10-21(16-24(25)26(30)31)27-34(32,33)23-9-5-7-19(2)15-23/h4-11,14-16,20,27H,12-13,17H2,1-3H3,(H,30,31)/t20-/m0/s1. The van der Waals surface area contributed by atoms with Crippen molar-refractivity contribution in [1.29, 1.82) is 0 Å². The molecule has 0 radical (unpaired) electrons. The number of hydrogen-bond donors (Lipinski definition) is 2. The molecule has 7 nitrogen and oxygen atoms in total. The maximum atomic E-state index is 12.8. The third kappa shape index (κ3) is 5.02. The molecule has 34 heavy (non-hydrogen) atoms. The highest BCUT2D eigenvalue weighted by Gasteiger charge is 2.27. The molecule has 0 unspecified atom stereocenters. The SMILES string of the molecule is Cc1cccc(N2CCN(c3ccc(NS(=O)(=O)c4cccc(C)c4)cc3C(=O)O)C[C@@H]2C)c1. The van der Waals surface area contributed by atoms with Crippen LogP contribution in [0, 0.1) is 13.8 Å². The van der Waals surface area contributed by atoms with E-state index >= 15 is 0 Å². The lowest BCUT2D eigenvalue weighted by Gasteiger charge is -2.42. The lowest BCUT2D eigenvalue weighted by molar-refractivity contribution is 0.0697. The number of piperazine rings is 1. The van der Waals surface area contributed by atoms with Gasteiger partial charge in [-0.15, -0.1) is 0 Å². The number of aromatic carboxylic acids is 1. The van der Waals surface area contributed by atoms with E-state index in [1.807, 2.05) is 19.1 Å². The number of benzene rings is 3. The highest BCUT2D eigenvalue weighted by Crippen LogP contribution is 2.30. The van der Waals surface area contributed by atoms with Gasteiger partial charge in [-0.2, -0.15) is 0 Å². The Morgan fingerprint density at radius 3 is 2.32 bits per heavy atom. The van der Waals surface area contributed by atoms with Crippen LogP contribution in [0.3, 0.4) is 0 Å². The Bertz CT molecular complexity index is 1320. The normalized spacial score (nSPS) is 16.4. The van der Waals surface area contributed by atoms with Crippen LogP contribution >= 0.6 is 0 Å².